The molecule has 3 nitrogen and oxygen atoms in total. The molecule has 2 heterocycles. The van der Waals surface area contributed by atoms with E-state index in [1.165, 1.54) is 0 Å². The van der Waals surface area contributed by atoms with Crippen molar-refractivity contribution in [2.24, 2.45) is 5.92 Å². The molecular weight excluding hydrogens is 274 g/mol. The average Bonchev–Trinajstić information content (AvgIpc) is 2.31. The Bertz CT molecular complexity index is 274. The van der Waals surface area contributed by atoms with E-state index in [0.29, 0.717) is 30.8 Å². The first-order chi connectivity index (χ1) is 8.64. The smallest absolute Gasteiger partial charge is 0.248 e. The number of rotatable bonds is 2. The van der Waals surface area contributed by atoms with E-state index in [1.54, 1.807) is 0 Å². The molecule has 1 N–H and O–H groups in total. The van der Waals surface area contributed by atoms with Crippen molar-refractivity contribution in [2.45, 2.75) is 43.7 Å². The molecule has 2 bridgehead atoms. The molecule has 6 heteroatoms. The van der Waals surface area contributed by atoms with Crippen molar-refractivity contribution >= 4 is 12.4 Å². The number of nitrogens with one attached hydrogen (secondary N) is 1. The summed E-state index contributed by atoms with van der Waals surface area (Å²) in [6, 6.07) is 0.889. The molecule has 112 valence electrons. The lowest BCUT2D eigenvalue weighted by atomic mass is 9.85. The Kier molecular flexibility index (Phi) is 5.04. The van der Waals surface area contributed by atoms with Crippen LogP contribution in [0.2, 0.25) is 0 Å². The summed E-state index contributed by atoms with van der Waals surface area (Å²) >= 11 is 0. The van der Waals surface area contributed by atoms with Crippen LogP contribution < -0.4 is 5.32 Å². The van der Waals surface area contributed by atoms with Crippen molar-refractivity contribution in [1.29, 1.82) is 0 Å². The first-order valence-corrected chi connectivity index (χ1v) is 7.06. The molecule has 0 unspecified atom stereocenters. The van der Waals surface area contributed by atoms with E-state index in [-0.39, 0.29) is 25.2 Å². The summed E-state index contributed by atoms with van der Waals surface area (Å²) in [5.74, 6) is -1.95. The highest BCUT2D eigenvalue weighted by molar-refractivity contribution is 5.85. The number of fused-ring (bicyclic) bond motifs is 2. The number of ether oxygens (including phenoxy) is 1. The molecule has 0 aromatic heterocycles. The van der Waals surface area contributed by atoms with Crippen LogP contribution in [0.1, 0.15) is 25.7 Å². The Balaban J connectivity index is 0.00000133. The van der Waals surface area contributed by atoms with Crippen LogP contribution >= 0.6 is 12.4 Å². The lowest BCUT2D eigenvalue weighted by Gasteiger charge is -2.47. The summed E-state index contributed by atoms with van der Waals surface area (Å²) in [5.41, 5.74) is 0. The summed E-state index contributed by atoms with van der Waals surface area (Å²) in [6.45, 7) is 4.49. The fourth-order valence-electron chi connectivity index (χ4n) is 3.48. The van der Waals surface area contributed by atoms with Gasteiger partial charge in [0.15, 0.2) is 0 Å². The normalized spacial score (nSPS) is 35.7. The topological polar surface area (TPSA) is 24.5 Å². The number of halogens is 3. The van der Waals surface area contributed by atoms with Crippen molar-refractivity contribution in [3.63, 3.8) is 0 Å². The van der Waals surface area contributed by atoms with Crippen LogP contribution in [0.25, 0.3) is 0 Å². The van der Waals surface area contributed by atoms with Gasteiger partial charge in [-0.15, -0.1) is 12.4 Å². The zero-order valence-electron chi connectivity index (χ0n) is 11.1. The van der Waals surface area contributed by atoms with Gasteiger partial charge >= 0.3 is 0 Å². The Labute approximate surface area is 119 Å². The molecule has 1 saturated carbocycles. The number of alkyl halides is 2. The largest absolute Gasteiger partial charge is 0.378 e. The van der Waals surface area contributed by atoms with E-state index in [0.717, 1.165) is 32.8 Å². The first kappa shape index (κ1) is 15.4. The molecule has 2 saturated heterocycles. The van der Waals surface area contributed by atoms with Crippen LogP contribution in [0.15, 0.2) is 0 Å². The second-order valence-electron chi connectivity index (χ2n) is 6.00. The Morgan fingerprint density at radius 3 is 2.26 bits per heavy atom. The van der Waals surface area contributed by atoms with Crippen molar-refractivity contribution in [3.05, 3.63) is 0 Å². The zero-order valence-corrected chi connectivity index (χ0v) is 11.9. The van der Waals surface area contributed by atoms with Crippen LogP contribution in [0.3, 0.4) is 0 Å². The van der Waals surface area contributed by atoms with E-state index >= 15 is 0 Å². The maximum absolute atomic E-state index is 13.1. The van der Waals surface area contributed by atoms with Gasteiger partial charge in [0, 0.05) is 44.6 Å². The van der Waals surface area contributed by atoms with Gasteiger partial charge in [0.05, 0.1) is 13.2 Å². The van der Waals surface area contributed by atoms with Gasteiger partial charge < -0.3 is 10.1 Å². The molecule has 0 radical (unpaired) electrons. The monoisotopic (exact) mass is 296 g/mol. The predicted molar refractivity (Wildman–Crippen MR) is 72.1 cm³/mol. The van der Waals surface area contributed by atoms with Gasteiger partial charge in [-0.1, -0.05) is 0 Å². The van der Waals surface area contributed by atoms with Crippen LogP contribution in [0.5, 0.6) is 0 Å². The van der Waals surface area contributed by atoms with Crippen molar-refractivity contribution in [3.8, 4) is 0 Å². The zero-order chi connectivity index (χ0) is 12.6. The average molecular weight is 297 g/mol. The van der Waals surface area contributed by atoms with E-state index in [9.17, 15) is 8.78 Å². The van der Waals surface area contributed by atoms with Crippen LogP contribution in [0.4, 0.5) is 8.78 Å². The number of hydrogen-bond donors (Lipinski definition) is 1. The van der Waals surface area contributed by atoms with E-state index < -0.39 is 5.92 Å². The standard InChI is InChI=1S/C13H22F2N2O.ClH/c14-13(15)3-1-10(2-4-13)7-17-11-5-16-6-12(17)9-18-8-11;/h10-12,16H,1-9H2;1H/t11-,12+;. The Morgan fingerprint density at radius 2 is 1.68 bits per heavy atom. The molecule has 0 spiro atoms. The second kappa shape index (κ2) is 6.20. The molecule has 3 aliphatic rings. The van der Waals surface area contributed by atoms with Gasteiger partial charge in [0.1, 0.15) is 0 Å². The quantitative estimate of drug-likeness (QED) is 0.842. The van der Waals surface area contributed by atoms with Gasteiger partial charge in [-0.3, -0.25) is 4.90 Å². The fraction of sp³-hybridized carbons (Fsp3) is 1.00. The maximum Gasteiger partial charge on any atom is 0.248 e. The Hall–Kier alpha value is 0.0300. The van der Waals surface area contributed by atoms with E-state index in [4.69, 9.17) is 4.74 Å². The summed E-state index contributed by atoms with van der Waals surface area (Å²) in [5, 5.41) is 3.43. The highest BCUT2D eigenvalue weighted by Gasteiger charge is 2.39. The molecule has 3 fully saturated rings. The molecule has 1 aliphatic carbocycles. The fourth-order valence-corrected chi connectivity index (χ4v) is 3.48. The third-order valence-corrected chi connectivity index (χ3v) is 4.62. The van der Waals surface area contributed by atoms with Crippen molar-refractivity contribution in [2.75, 3.05) is 32.8 Å². The van der Waals surface area contributed by atoms with Gasteiger partial charge in [-0.2, -0.15) is 0 Å². The minimum Gasteiger partial charge on any atom is -0.378 e. The number of hydrogen-bond acceptors (Lipinski definition) is 3. The van der Waals surface area contributed by atoms with Gasteiger partial charge in [-0.05, 0) is 18.8 Å². The molecule has 2 atom stereocenters. The Morgan fingerprint density at radius 1 is 1.11 bits per heavy atom. The van der Waals surface area contributed by atoms with E-state index in [2.05, 4.69) is 10.2 Å². The highest BCUT2D eigenvalue weighted by Crippen LogP contribution is 2.37. The number of piperazine rings is 1. The molecule has 0 aromatic carbocycles. The van der Waals surface area contributed by atoms with Gasteiger partial charge in [0.2, 0.25) is 5.92 Å². The predicted octanol–water partition coefficient (Wildman–Crippen LogP) is 1.91. The summed E-state index contributed by atoms with van der Waals surface area (Å²) in [4.78, 5) is 2.51. The van der Waals surface area contributed by atoms with Crippen LogP contribution in [-0.4, -0.2) is 55.8 Å². The maximum atomic E-state index is 13.1. The summed E-state index contributed by atoms with van der Waals surface area (Å²) in [6.07, 6.45) is 1.51. The SMILES string of the molecule is Cl.FC1(F)CCC(CN2[C@@H]3CNC[C@H]2COC3)CC1. The number of nitrogens with zero attached hydrogens (tertiary/aromatic N) is 1. The lowest BCUT2D eigenvalue weighted by molar-refractivity contribution is -0.0853. The molecule has 3 rings (SSSR count). The summed E-state index contributed by atoms with van der Waals surface area (Å²) in [7, 11) is 0. The minimum atomic E-state index is -2.40. The van der Waals surface area contributed by atoms with Crippen LogP contribution in [0, 0.1) is 5.92 Å². The van der Waals surface area contributed by atoms with Gasteiger partial charge in [0.25, 0.3) is 0 Å². The van der Waals surface area contributed by atoms with Gasteiger partial charge in [-0.25, -0.2) is 8.78 Å². The first-order valence-electron chi connectivity index (χ1n) is 7.06. The molecule has 19 heavy (non-hydrogen) atoms. The van der Waals surface area contributed by atoms with E-state index in [1.807, 2.05) is 0 Å². The summed E-state index contributed by atoms with van der Waals surface area (Å²) < 4.78 is 31.9. The molecule has 0 aromatic rings. The highest BCUT2D eigenvalue weighted by atomic mass is 35.5. The molecule has 2 aliphatic heterocycles. The third-order valence-electron chi connectivity index (χ3n) is 4.62. The van der Waals surface area contributed by atoms with Crippen LogP contribution in [-0.2, 0) is 4.74 Å². The molecule has 0 amide bonds. The van der Waals surface area contributed by atoms with Crippen molar-refractivity contribution in [1.82, 2.24) is 10.2 Å². The van der Waals surface area contributed by atoms with Crippen molar-refractivity contribution < 1.29 is 13.5 Å². The second-order valence-corrected chi connectivity index (χ2v) is 6.00. The minimum absolute atomic E-state index is 0. The molecular formula is C13H23ClF2N2O. The lowest BCUT2D eigenvalue weighted by Crippen LogP contribution is -2.64. The third kappa shape index (κ3) is 3.57. The number of morpholine rings is 1.